The van der Waals surface area contributed by atoms with Crippen LogP contribution in [0.15, 0.2) is 0 Å². The first-order chi connectivity index (χ1) is 8.60. The van der Waals surface area contributed by atoms with Crippen molar-refractivity contribution in [3.05, 3.63) is 21.7 Å². The Labute approximate surface area is 112 Å². The van der Waals surface area contributed by atoms with Gasteiger partial charge in [0.05, 0.1) is 7.11 Å². The van der Waals surface area contributed by atoms with E-state index >= 15 is 0 Å². The Kier molecular flexibility index (Phi) is 5.94. The molecule has 5 nitrogen and oxygen atoms in total. The SMILES string of the molecule is CCOCCCc1nc(=S)c(C(=O)OC)c(C)[nH]1. The summed E-state index contributed by atoms with van der Waals surface area (Å²) in [6, 6.07) is 0. The number of hydrogen-bond donors (Lipinski definition) is 1. The number of nitrogens with one attached hydrogen (secondary N) is 1. The number of esters is 1. The number of aryl methyl sites for hydroxylation is 2. The number of ether oxygens (including phenoxy) is 2. The number of hydrogen-bond acceptors (Lipinski definition) is 5. The number of carbonyl (C=O) groups excluding carboxylic acids is 1. The summed E-state index contributed by atoms with van der Waals surface area (Å²) in [5, 5.41) is 0. The van der Waals surface area contributed by atoms with Gasteiger partial charge < -0.3 is 14.5 Å². The van der Waals surface area contributed by atoms with Crippen LogP contribution in [0.5, 0.6) is 0 Å². The Bertz CT molecular complexity index is 471. The van der Waals surface area contributed by atoms with E-state index in [9.17, 15) is 4.79 Å². The number of aromatic nitrogens is 2. The van der Waals surface area contributed by atoms with E-state index in [4.69, 9.17) is 17.0 Å². The highest BCUT2D eigenvalue weighted by Crippen LogP contribution is 2.09. The van der Waals surface area contributed by atoms with Gasteiger partial charge in [-0.3, -0.25) is 0 Å². The molecule has 0 saturated carbocycles. The average molecular weight is 270 g/mol. The summed E-state index contributed by atoms with van der Waals surface area (Å²) in [6.45, 7) is 5.15. The molecule has 1 rings (SSSR count). The lowest BCUT2D eigenvalue weighted by Gasteiger charge is -2.07. The smallest absolute Gasteiger partial charge is 0.342 e. The van der Waals surface area contributed by atoms with Crippen molar-refractivity contribution >= 4 is 18.2 Å². The van der Waals surface area contributed by atoms with Crippen LogP contribution in [0.4, 0.5) is 0 Å². The average Bonchev–Trinajstić information content (AvgIpc) is 2.33. The predicted molar refractivity (Wildman–Crippen MR) is 70.3 cm³/mol. The molecule has 0 aliphatic rings. The van der Waals surface area contributed by atoms with E-state index in [1.807, 2.05) is 6.92 Å². The maximum atomic E-state index is 11.5. The quantitative estimate of drug-likeness (QED) is 0.488. The lowest BCUT2D eigenvalue weighted by atomic mass is 10.2. The van der Waals surface area contributed by atoms with Crippen molar-refractivity contribution in [2.75, 3.05) is 20.3 Å². The molecule has 100 valence electrons. The van der Waals surface area contributed by atoms with E-state index in [-0.39, 0.29) is 4.64 Å². The molecule has 0 saturated heterocycles. The van der Waals surface area contributed by atoms with Crippen molar-refractivity contribution in [1.82, 2.24) is 9.97 Å². The van der Waals surface area contributed by atoms with Crippen LogP contribution in [0.3, 0.4) is 0 Å². The molecule has 1 aromatic rings. The van der Waals surface area contributed by atoms with Gasteiger partial charge in [0.25, 0.3) is 0 Å². The molecule has 18 heavy (non-hydrogen) atoms. The molecule has 1 heterocycles. The van der Waals surface area contributed by atoms with E-state index in [2.05, 4.69) is 14.7 Å². The molecular formula is C12H18N2O3S. The van der Waals surface area contributed by atoms with Crippen LogP contribution in [-0.4, -0.2) is 36.3 Å². The Balaban J connectivity index is 2.80. The number of H-pyrrole nitrogens is 1. The molecule has 0 aromatic carbocycles. The van der Waals surface area contributed by atoms with Crippen molar-refractivity contribution in [2.24, 2.45) is 0 Å². The lowest BCUT2D eigenvalue weighted by Crippen LogP contribution is -2.10. The van der Waals surface area contributed by atoms with Crippen molar-refractivity contribution in [3.63, 3.8) is 0 Å². The summed E-state index contributed by atoms with van der Waals surface area (Å²) in [5.74, 6) is 0.312. The number of carbonyl (C=O) groups is 1. The highest BCUT2D eigenvalue weighted by molar-refractivity contribution is 7.71. The minimum atomic E-state index is -0.456. The predicted octanol–water partition coefficient (Wildman–Crippen LogP) is 2.20. The van der Waals surface area contributed by atoms with Crippen molar-refractivity contribution in [1.29, 1.82) is 0 Å². The topological polar surface area (TPSA) is 64.2 Å². The third-order valence-electron chi connectivity index (χ3n) is 2.45. The molecule has 0 spiro atoms. The summed E-state index contributed by atoms with van der Waals surface area (Å²) >= 11 is 5.11. The molecule has 0 fully saturated rings. The van der Waals surface area contributed by atoms with Crippen molar-refractivity contribution in [3.8, 4) is 0 Å². The molecule has 0 bridgehead atoms. The van der Waals surface area contributed by atoms with E-state index in [0.29, 0.717) is 24.5 Å². The van der Waals surface area contributed by atoms with Crippen molar-refractivity contribution < 1.29 is 14.3 Å². The molecule has 0 amide bonds. The third kappa shape index (κ3) is 3.89. The van der Waals surface area contributed by atoms with Crippen molar-refractivity contribution in [2.45, 2.75) is 26.7 Å². The first kappa shape index (κ1) is 14.8. The van der Waals surface area contributed by atoms with Gasteiger partial charge >= 0.3 is 5.97 Å². The second-order valence-electron chi connectivity index (χ2n) is 3.78. The Morgan fingerprint density at radius 3 is 2.78 bits per heavy atom. The minimum Gasteiger partial charge on any atom is -0.465 e. The normalized spacial score (nSPS) is 10.4. The fraction of sp³-hybridized carbons (Fsp3) is 0.583. The van der Waals surface area contributed by atoms with Gasteiger partial charge in [0.1, 0.15) is 16.0 Å². The molecule has 0 unspecified atom stereocenters. The zero-order valence-electron chi connectivity index (χ0n) is 10.9. The largest absolute Gasteiger partial charge is 0.465 e. The van der Waals surface area contributed by atoms with Gasteiger partial charge in [0, 0.05) is 25.3 Å². The summed E-state index contributed by atoms with van der Waals surface area (Å²) in [6.07, 6.45) is 1.61. The van der Waals surface area contributed by atoms with E-state index in [0.717, 1.165) is 18.7 Å². The maximum Gasteiger partial charge on any atom is 0.342 e. The molecule has 0 aliphatic heterocycles. The highest BCUT2D eigenvalue weighted by Gasteiger charge is 2.13. The molecule has 0 atom stereocenters. The van der Waals surface area contributed by atoms with Crippen LogP contribution in [0, 0.1) is 11.6 Å². The van der Waals surface area contributed by atoms with Crippen LogP contribution in [0.25, 0.3) is 0 Å². The van der Waals surface area contributed by atoms with Gasteiger partial charge in [-0.15, -0.1) is 0 Å². The fourth-order valence-corrected chi connectivity index (χ4v) is 1.94. The highest BCUT2D eigenvalue weighted by atomic mass is 32.1. The van der Waals surface area contributed by atoms with E-state index in [1.165, 1.54) is 7.11 Å². The van der Waals surface area contributed by atoms with Gasteiger partial charge in [-0.2, -0.15) is 0 Å². The van der Waals surface area contributed by atoms with Gasteiger partial charge in [0.15, 0.2) is 0 Å². The second kappa shape index (κ2) is 7.23. The monoisotopic (exact) mass is 270 g/mol. The Morgan fingerprint density at radius 1 is 1.50 bits per heavy atom. The Hall–Kier alpha value is -1.27. The number of nitrogens with zero attached hydrogens (tertiary/aromatic N) is 1. The van der Waals surface area contributed by atoms with Crippen LogP contribution in [-0.2, 0) is 15.9 Å². The van der Waals surface area contributed by atoms with Gasteiger partial charge in [-0.05, 0) is 20.3 Å². The maximum absolute atomic E-state index is 11.5. The second-order valence-corrected chi connectivity index (χ2v) is 4.17. The molecule has 6 heteroatoms. The molecule has 1 aromatic heterocycles. The number of aromatic amines is 1. The summed E-state index contributed by atoms with van der Waals surface area (Å²) in [4.78, 5) is 18.8. The molecule has 1 N–H and O–H groups in total. The summed E-state index contributed by atoms with van der Waals surface area (Å²) in [5.41, 5.74) is 1.02. The third-order valence-corrected chi connectivity index (χ3v) is 2.75. The zero-order chi connectivity index (χ0) is 13.5. The Morgan fingerprint density at radius 2 is 2.22 bits per heavy atom. The molecule has 0 radical (unpaired) electrons. The fourth-order valence-electron chi connectivity index (χ4n) is 1.59. The molecular weight excluding hydrogens is 252 g/mol. The standard InChI is InChI=1S/C12H18N2O3S/c1-4-17-7-5-6-9-13-8(2)10(11(18)14-9)12(15)16-3/h4-7H2,1-3H3,(H,13,14,18). The van der Waals surface area contributed by atoms with Gasteiger partial charge in [-0.25, -0.2) is 9.78 Å². The van der Waals surface area contributed by atoms with Gasteiger partial charge in [0.2, 0.25) is 0 Å². The van der Waals surface area contributed by atoms with Gasteiger partial charge in [-0.1, -0.05) is 12.2 Å². The van der Waals surface area contributed by atoms with Crippen LogP contribution < -0.4 is 0 Å². The van der Waals surface area contributed by atoms with E-state index in [1.54, 1.807) is 6.92 Å². The first-order valence-corrected chi connectivity index (χ1v) is 6.26. The first-order valence-electron chi connectivity index (χ1n) is 5.86. The lowest BCUT2D eigenvalue weighted by molar-refractivity contribution is 0.0598. The number of rotatable bonds is 6. The summed E-state index contributed by atoms with van der Waals surface area (Å²) in [7, 11) is 1.33. The minimum absolute atomic E-state index is 0.282. The zero-order valence-corrected chi connectivity index (χ0v) is 11.7. The molecule has 0 aliphatic carbocycles. The van der Waals surface area contributed by atoms with Crippen LogP contribution in [0.2, 0.25) is 0 Å². The summed E-state index contributed by atoms with van der Waals surface area (Å²) < 4.78 is 10.2. The van der Waals surface area contributed by atoms with Crippen LogP contribution in [0.1, 0.15) is 35.2 Å². The van der Waals surface area contributed by atoms with Crippen LogP contribution >= 0.6 is 12.2 Å². The van der Waals surface area contributed by atoms with E-state index < -0.39 is 5.97 Å². The number of methoxy groups -OCH3 is 1.